The second-order valence-corrected chi connectivity index (χ2v) is 3.29. The summed E-state index contributed by atoms with van der Waals surface area (Å²) in [6, 6.07) is 0. The molecule has 1 rings (SSSR count). The van der Waals surface area contributed by atoms with Crippen LogP contribution < -0.4 is 0 Å². The topological polar surface area (TPSA) is 34.9 Å². The maximum absolute atomic E-state index is 10.1. The Hall–Kier alpha value is -0.900. The van der Waals surface area contributed by atoms with Crippen LogP contribution in [0.4, 0.5) is 0 Å². The van der Waals surface area contributed by atoms with E-state index in [2.05, 4.69) is 27.6 Å². The normalized spacial score (nSPS) is 8.79. The van der Waals surface area contributed by atoms with E-state index >= 15 is 0 Å². The van der Waals surface area contributed by atoms with Gasteiger partial charge in [0, 0.05) is 18.3 Å². The van der Waals surface area contributed by atoms with Crippen LogP contribution in [0.3, 0.4) is 0 Å². The van der Waals surface area contributed by atoms with Crippen molar-refractivity contribution >= 4 is 27.9 Å². The third kappa shape index (κ3) is 4.37. The molecule has 3 nitrogen and oxygen atoms in total. The summed E-state index contributed by atoms with van der Waals surface area (Å²) in [4.78, 5) is 10.1. The van der Waals surface area contributed by atoms with Crippen molar-refractivity contribution in [1.82, 2.24) is 9.78 Å². The molecule has 0 amide bonds. The molecule has 0 bridgehead atoms. The first-order valence-electron chi connectivity index (χ1n) is 4.56. The average Bonchev–Trinajstić information content (AvgIpc) is 2.64. The predicted molar refractivity (Wildman–Crippen MR) is 61.9 cm³/mol. The van der Waals surface area contributed by atoms with Crippen molar-refractivity contribution in [2.45, 2.75) is 26.7 Å². The van der Waals surface area contributed by atoms with Gasteiger partial charge in [-0.2, -0.15) is 5.10 Å². The SMILES string of the molecule is C=C(CCC=O)n1cc(Br)cn1.CC. The first-order chi connectivity index (χ1) is 6.74. The van der Waals surface area contributed by atoms with Crippen molar-refractivity contribution in [1.29, 1.82) is 0 Å². The Kier molecular flexibility index (Phi) is 7.02. The lowest BCUT2D eigenvalue weighted by Crippen LogP contribution is -1.95. The standard InChI is InChI=1S/C8H9BrN2O.C2H6/c1-7(3-2-4-12)11-6-8(9)5-10-11;1-2/h4-6H,1-3H2;1-2H3. The lowest BCUT2D eigenvalue weighted by Gasteiger charge is -2.01. The molecule has 0 atom stereocenters. The van der Waals surface area contributed by atoms with E-state index in [1.807, 2.05) is 20.0 Å². The Morgan fingerprint density at radius 1 is 1.71 bits per heavy atom. The number of hydrogen-bond donors (Lipinski definition) is 0. The van der Waals surface area contributed by atoms with Gasteiger partial charge in [0.15, 0.2) is 0 Å². The largest absolute Gasteiger partial charge is 0.303 e. The third-order valence-corrected chi connectivity index (χ3v) is 1.84. The van der Waals surface area contributed by atoms with Gasteiger partial charge in [-0.25, -0.2) is 4.68 Å². The summed E-state index contributed by atoms with van der Waals surface area (Å²) >= 11 is 3.27. The quantitative estimate of drug-likeness (QED) is 0.778. The van der Waals surface area contributed by atoms with Gasteiger partial charge in [-0.05, 0) is 22.4 Å². The number of carbonyl (C=O) groups excluding carboxylic acids is 1. The minimum atomic E-state index is 0.496. The first-order valence-corrected chi connectivity index (χ1v) is 5.35. The second kappa shape index (κ2) is 7.50. The highest BCUT2D eigenvalue weighted by Gasteiger charge is 1.98. The maximum Gasteiger partial charge on any atom is 0.120 e. The predicted octanol–water partition coefficient (Wildman–Crippen LogP) is 3.12. The van der Waals surface area contributed by atoms with E-state index in [9.17, 15) is 4.79 Å². The summed E-state index contributed by atoms with van der Waals surface area (Å²) < 4.78 is 2.57. The van der Waals surface area contributed by atoms with Crippen LogP contribution in [0.5, 0.6) is 0 Å². The lowest BCUT2D eigenvalue weighted by atomic mass is 10.3. The first kappa shape index (κ1) is 13.1. The molecule has 0 N–H and O–H groups in total. The highest BCUT2D eigenvalue weighted by atomic mass is 79.9. The fourth-order valence-corrected chi connectivity index (χ4v) is 1.10. The number of aromatic nitrogens is 2. The molecule has 0 spiro atoms. The van der Waals surface area contributed by atoms with E-state index in [0.29, 0.717) is 12.8 Å². The van der Waals surface area contributed by atoms with Gasteiger partial charge in [0.2, 0.25) is 0 Å². The fourth-order valence-electron chi connectivity index (χ4n) is 0.814. The minimum Gasteiger partial charge on any atom is -0.303 e. The molecular formula is C10H15BrN2O. The zero-order chi connectivity index (χ0) is 11.0. The summed E-state index contributed by atoms with van der Waals surface area (Å²) in [5.41, 5.74) is 0.827. The van der Waals surface area contributed by atoms with Crippen LogP contribution in [-0.4, -0.2) is 16.1 Å². The van der Waals surface area contributed by atoms with Gasteiger partial charge in [-0.15, -0.1) is 0 Å². The Morgan fingerprint density at radius 2 is 2.36 bits per heavy atom. The van der Waals surface area contributed by atoms with Crippen LogP contribution >= 0.6 is 15.9 Å². The van der Waals surface area contributed by atoms with E-state index in [-0.39, 0.29) is 0 Å². The van der Waals surface area contributed by atoms with Gasteiger partial charge in [-0.1, -0.05) is 20.4 Å². The van der Waals surface area contributed by atoms with Gasteiger partial charge in [0.1, 0.15) is 6.29 Å². The van der Waals surface area contributed by atoms with Gasteiger partial charge < -0.3 is 4.79 Å². The van der Waals surface area contributed by atoms with Crippen LogP contribution in [0.25, 0.3) is 5.70 Å². The molecule has 0 saturated heterocycles. The van der Waals surface area contributed by atoms with Crippen molar-refractivity contribution in [2.24, 2.45) is 0 Å². The Balaban J connectivity index is 0.000000791. The van der Waals surface area contributed by atoms with Crippen LogP contribution in [0.2, 0.25) is 0 Å². The molecule has 0 aliphatic carbocycles. The Bertz CT molecular complexity index is 294. The third-order valence-electron chi connectivity index (χ3n) is 1.43. The van der Waals surface area contributed by atoms with Crippen LogP contribution in [-0.2, 0) is 4.79 Å². The van der Waals surface area contributed by atoms with Crippen molar-refractivity contribution in [2.75, 3.05) is 0 Å². The molecule has 0 radical (unpaired) electrons. The number of hydrogen-bond acceptors (Lipinski definition) is 2. The molecule has 1 heterocycles. The summed E-state index contributed by atoms with van der Waals surface area (Å²) in [5.74, 6) is 0. The van der Waals surface area contributed by atoms with E-state index in [4.69, 9.17) is 0 Å². The molecule has 4 heteroatoms. The summed E-state index contributed by atoms with van der Waals surface area (Å²) in [6.07, 6.45) is 5.52. The molecule has 0 aromatic carbocycles. The Labute approximate surface area is 92.9 Å². The van der Waals surface area contributed by atoms with Gasteiger partial charge in [0.05, 0.1) is 10.7 Å². The number of allylic oxidation sites excluding steroid dienone is 1. The molecule has 0 aliphatic heterocycles. The molecule has 1 aromatic rings. The zero-order valence-electron chi connectivity index (χ0n) is 8.53. The molecule has 14 heavy (non-hydrogen) atoms. The van der Waals surface area contributed by atoms with Crippen molar-refractivity contribution in [3.8, 4) is 0 Å². The van der Waals surface area contributed by atoms with Gasteiger partial charge in [-0.3, -0.25) is 0 Å². The van der Waals surface area contributed by atoms with E-state index < -0.39 is 0 Å². The molecule has 0 saturated carbocycles. The molecular weight excluding hydrogens is 244 g/mol. The van der Waals surface area contributed by atoms with Gasteiger partial charge in [0.25, 0.3) is 0 Å². The smallest absolute Gasteiger partial charge is 0.120 e. The summed E-state index contributed by atoms with van der Waals surface area (Å²) in [5, 5.41) is 4.02. The van der Waals surface area contributed by atoms with Crippen molar-refractivity contribution in [3.63, 3.8) is 0 Å². The number of rotatable bonds is 4. The van der Waals surface area contributed by atoms with Crippen molar-refractivity contribution in [3.05, 3.63) is 23.4 Å². The molecule has 0 unspecified atom stereocenters. The van der Waals surface area contributed by atoms with E-state index in [0.717, 1.165) is 16.5 Å². The van der Waals surface area contributed by atoms with Crippen LogP contribution in [0.1, 0.15) is 26.7 Å². The van der Waals surface area contributed by atoms with E-state index in [1.165, 1.54) is 0 Å². The number of carbonyl (C=O) groups is 1. The fraction of sp³-hybridized carbons (Fsp3) is 0.400. The summed E-state index contributed by atoms with van der Waals surface area (Å²) in [6.45, 7) is 7.80. The minimum absolute atomic E-state index is 0.496. The highest BCUT2D eigenvalue weighted by Crippen LogP contribution is 2.12. The average molecular weight is 259 g/mol. The zero-order valence-corrected chi connectivity index (χ0v) is 10.1. The second-order valence-electron chi connectivity index (χ2n) is 2.37. The van der Waals surface area contributed by atoms with Crippen LogP contribution in [0, 0.1) is 0 Å². The monoisotopic (exact) mass is 258 g/mol. The molecule has 1 aromatic heterocycles. The van der Waals surface area contributed by atoms with Gasteiger partial charge >= 0.3 is 0 Å². The highest BCUT2D eigenvalue weighted by molar-refractivity contribution is 9.10. The number of nitrogens with zero attached hydrogens (tertiary/aromatic N) is 2. The number of halogens is 1. The summed E-state index contributed by atoms with van der Waals surface area (Å²) in [7, 11) is 0. The lowest BCUT2D eigenvalue weighted by molar-refractivity contribution is -0.107. The van der Waals surface area contributed by atoms with Crippen molar-refractivity contribution < 1.29 is 4.79 Å². The maximum atomic E-state index is 10.1. The Morgan fingerprint density at radius 3 is 2.79 bits per heavy atom. The van der Waals surface area contributed by atoms with Crippen LogP contribution in [0.15, 0.2) is 23.4 Å². The molecule has 0 fully saturated rings. The van der Waals surface area contributed by atoms with E-state index in [1.54, 1.807) is 10.9 Å². The molecule has 0 aliphatic rings. The number of aldehydes is 1. The molecule has 78 valence electrons.